The molecule has 1 aliphatic rings. The summed E-state index contributed by atoms with van der Waals surface area (Å²) >= 11 is 7.51. The number of fused-ring (bicyclic) bond motifs is 1. The van der Waals surface area contributed by atoms with E-state index < -0.39 is 24.6 Å². The first-order valence-corrected chi connectivity index (χ1v) is 11.3. The molecule has 2 N–H and O–H groups in total. The van der Waals surface area contributed by atoms with Gasteiger partial charge in [0.05, 0.1) is 40.9 Å². The number of ether oxygens (including phenoxy) is 2. The van der Waals surface area contributed by atoms with Crippen molar-refractivity contribution in [3.63, 3.8) is 0 Å². The summed E-state index contributed by atoms with van der Waals surface area (Å²) in [6, 6.07) is 4.07. The summed E-state index contributed by atoms with van der Waals surface area (Å²) in [5, 5.41) is 9.58. The molecule has 0 aliphatic carbocycles. The van der Waals surface area contributed by atoms with Crippen LogP contribution in [0.15, 0.2) is 12.1 Å². The van der Waals surface area contributed by atoms with Crippen molar-refractivity contribution >= 4 is 54.7 Å². The third-order valence-electron chi connectivity index (χ3n) is 5.59. The molecular weight excluding hydrogens is 510 g/mol. The van der Waals surface area contributed by atoms with Gasteiger partial charge < -0.3 is 20.1 Å². The number of nitriles is 1. The summed E-state index contributed by atoms with van der Waals surface area (Å²) in [4.78, 5) is 9.51. The van der Waals surface area contributed by atoms with Crippen molar-refractivity contribution in [2.45, 2.75) is 6.43 Å². The van der Waals surface area contributed by atoms with Gasteiger partial charge in [0.15, 0.2) is 11.6 Å². The Kier molecular flexibility index (Phi) is 5.69. The van der Waals surface area contributed by atoms with Gasteiger partial charge in [0.25, 0.3) is 6.43 Å². The number of methoxy groups -OCH3 is 1. The van der Waals surface area contributed by atoms with Gasteiger partial charge in [-0.05, 0) is 11.6 Å². The number of hydrogen-bond acceptors (Lipinski definition) is 8. The molecule has 4 aromatic rings. The summed E-state index contributed by atoms with van der Waals surface area (Å²) in [5.74, 6) is -1.62. The van der Waals surface area contributed by atoms with Crippen LogP contribution in [0.25, 0.3) is 32.1 Å². The first-order chi connectivity index (χ1) is 16.8. The first kappa shape index (κ1) is 23.2. The molecule has 0 bridgehead atoms. The minimum atomic E-state index is -2.70. The Balaban J connectivity index is 1.91. The highest BCUT2D eigenvalue weighted by molar-refractivity contribution is 7.23. The van der Waals surface area contributed by atoms with Gasteiger partial charge in [0.1, 0.15) is 34.8 Å². The van der Waals surface area contributed by atoms with Crippen molar-refractivity contribution in [3.05, 3.63) is 34.4 Å². The van der Waals surface area contributed by atoms with Gasteiger partial charge >= 0.3 is 6.01 Å². The molecule has 0 saturated carbocycles. The van der Waals surface area contributed by atoms with E-state index in [1.54, 1.807) is 0 Å². The second-order valence-electron chi connectivity index (χ2n) is 7.53. The zero-order chi connectivity index (χ0) is 25.0. The minimum Gasteiger partial charge on any atom is -0.489 e. The molecule has 0 fully saturated rings. The van der Waals surface area contributed by atoms with Crippen molar-refractivity contribution in [2.75, 3.05) is 37.4 Å². The number of alkyl halides is 2. The van der Waals surface area contributed by atoms with E-state index in [2.05, 4.69) is 9.97 Å². The van der Waals surface area contributed by atoms with Crippen LogP contribution in [0.1, 0.15) is 5.56 Å². The average Bonchev–Trinajstić information content (AvgIpc) is 3.07. The molecule has 7 nitrogen and oxygen atoms in total. The molecule has 0 radical (unpaired) electrons. The second kappa shape index (κ2) is 8.58. The molecule has 0 saturated heterocycles. The number of anilines is 2. The number of thiophene rings is 1. The highest BCUT2D eigenvalue weighted by Gasteiger charge is 2.32. The highest BCUT2D eigenvalue weighted by Crippen LogP contribution is 2.50. The molecule has 180 valence electrons. The molecule has 13 heteroatoms. The number of benzene rings is 2. The summed E-state index contributed by atoms with van der Waals surface area (Å²) in [7, 11) is 1.25. The van der Waals surface area contributed by atoms with E-state index in [-0.39, 0.29) is 78.4 Å². The normalized spacial score (nSPS) is 13.3. The summed E-state index contributed by atoms with van der Waals surface area (Å²) in [6.45, 7) is -0.724. The average molecular weight is 524 g/mol. The lowest BCUT2D eigenvalue weighted by atomic mass is 9.96. The van der Waals surface area contributed by atoms with Crippen molar-refractivity contribution in [2.24, 2.45) is 0 Å². The van der Waals surface area contributed by atoms with Crippen LogP contribution in [0.4, 0.5) is 28.4 Å². The van der Waals surface area contributed by atoms with Crippen molar-refractivity contribution in [1.29, 1.82) is 5.26 Å². The smallest absolute Gasteiger partial charge is 0.318 e. The Bertz CT molecular complexity index is 1560. The maximum Gasteiger partial charge on any atom is 0.318 e. The standard InChI is InChI=1S/C22H14ClF4N5O2S/c1-33-22-30-17-14-18(34-5-4-32(7-11(25)26)21(14)31-22)15(23)13(16(17)27)8-2-3-10(24)19-12(8)9(6-28)20(29)35-19/h2-3,11H,4-5,7,29H2,1H3. The number of hydrogen-bond donors (Lipinski definition) is 1. The van der Waals surface area contributed by atoms with Crippen LogP contribution in [0, 0.1) is 23.0 Å². The van der Waals surface area contributed by atoms with E-state index in [9.17, 15) is 18.4 Å². The lowest BCUT2D eigenvalue weighted by Crippen LogP contribution is -2.32. The maximum atomic E-state index is 16.2. The van der Waals surface area contributed by atoms with Crippen molar-refractivity contribution < 1.29 is 27.0 Å². The minimum absolute atomic E-state index is 0.00102. The fourth-order valence-electron chi connectivity index (χ4n) is 4.14. The molecule has 2 aromatic carbocycles. The highest BCUT2D eigenvalue weighted by atomic mass is 35.5. The summed E-state index contributed by atoms with van der Waals surface area (Å²) in [6.07, 6.45) is -2.70. The Morgan fingerprint density at radius 1 is 1.31 bits per heavy atom. The van der Waals surface area contributed by atoms with Crippen molar-refractivity contribution in [3.8, 4) is 29.0 Å². The molecule has 2 aromatic heterocycles. The fourth-order valence-corrected chi connectivity index (χ4v) is 5.43. The molecule has 0 atom stereocenters. The number of nitrogen functional groups attached to an aromatic ring is 1. The monoisotopic (exact) mass is 523 g/mol. The van der Waals surface area contributed by atoms with E-state index in [1.165, 1.54) is 18.1 Å². The predicted octanol–water partition coefficient (Wildman–Crippen LogP) is 5.37. The maximum absolute atomic E-state index is 16.2. The molecule has 0 spiro atoms. The van der Waals surface area contributed by atoms with Gasteiger partial charge in [-0.2, -0.15) is 15.2 Å². The largest absolute Gasteiger partial charge is 0.489 e. The SMILES string of the molecule is COc1nc2c3c(c(Cl)c(-c4ccc(F)c5sc(N)c(C#N)c45)c(F)c3n1)OCCN2CC(F)F. The van der Waals surface area contributed by atoms with Gasteiger partial charge in [-0.1, -0.05) is 17.7 Å². The van der Waals surface area contributed by atoms with Gasteiger partial charge in [0, 0.05) is 10.9 Å². The number of halogens is 5. The quantitative estimate of drug-likeness (QED) is 0.359. The van der Waals surface area contributed by atoms with Crippen LogP contribution in [0.5, 0.6) is 11.8 Å². The lowest BCUT2D eigenvalue weighted by molar-refractivity contribution is 0.153. The predicted molar refractivity (Wildman–Crippen MR) is 125 cm³/mol. The Labute approximate surface area is 204 Å². The van der Waals surface area contributed by atoms with Crippen LogP contribution < -0.4 is 20.1 Å². The zero-order valence-corrected chi connectivity index (χ0v) is 19.4. The molecular formula is C22H14ClF4N5O2S. The zero-order valence-electron chi connectivity index (χ0n) is 17.8. The molecule has 0 amide bonds. The molecule has 5 rings (SSSR count). The van der Waals surface area contributed by atoms with Crippen molar-refractivity contribution in [1.82, 2.24) is 9.97 Å². The molecule has 1 aliphatic heterocycles. The third-order valence-corrected chi connectivity index (χ3v) is 6.98. The summed E-state index contributed by atoms with van der Waals surface area (Å²) in [5.41, 5.74) is 5.50. The van der Waals surface area contributed by atoms with E-state index in [0.29, 0.717) is 0 Å². The van der Waals surface area contributed by atoms with E-state index in [0.717, 1.165) is 17.4 Å². The van der Waals surface area contributed by atoms with Gasteiger partial charge in [-0.15, -0.1) is 11.3 Å². The molecule has 0 unspecified atom stereocenters. The summed E-state index contributed by atoms with van der Waals surface area (Å²) < 4.78 is 68.2. The van der Waals surface area contributed by atoms with Gasteiger partial charge in [-0.25, -0.2) is 17.6 Å². The number of rotatable bonds is 4. The van der Waals surface area contributed by atoms with Crippen LogP contribution in [-0.4, -0.2) is 43.2 Å². The molecule has 3 heterocycles. The number of nitrogens with zero attached hydrogens (tertiary/aromatic N) is 4. The van der Waals surface area contributed by atoms with E-state index >= 15 is 4.39 Å². The molecule has 35 heavy (non-hydrogen) atoms. The topological polar surface area (TPSA) is 97.3 Å². The van der Waals surface area contributed by atoms with Crippen LogP contribution in [-0.2, 0) is 0 Å². The Morgan fingerprint density at radius 3 is 2.77 bits per heavy atom. The number of nitrogens with two attached hydrogens (primary N) is 1. The lowest BCUT2D eigenvalue weighted by Gasteiger charge is -2.22. The second-order valence-corrected chi connectivity index (χ2v) is 8.96. The third kappa shape index (κ3) is 3.54. The fraction of sp³-hybridized carbons (Fsp3) is 0.227. The van der Waals surface area contributed by atoms with E-state index in [1.807, 2.05) is 6.07 Å². The van der Waals surface area contributed by atoms with Gasteiger partial charge in [-0.3, -0.25) is 0 Å². The van der Waals surface area contributed by atoms with Crippen LogP contribution in [0.2, 0.25) is 5.02 Å². The van der Waals surface area contributed by atoms with E-state index in [4.69, 9.17) is 26.8 Å². The Hall–Kier alpha value is -3.56. The Morgan fingerprint density at radius 2 is 2.09 bits per heavy atom. The number of aromatic nitrogens is 2. The van der Waals surface area contributed by atoms with Crippen LogP contribution in [0.3, 0.4) is 0 Å². The first-order valence-electron chi connectivity index (χ1n) is 10.1. The van der Waals surface area contributed by atoms with Crippen LogP contribution >= 0.6 is 22.9 Å². The van der Waals surface area contributed by atoms with Gasteiger partial charge in [0.2, 0.25) is 0 Å².